The second-order valence-corrected chi connectivity index (χ2v) is 7.94. The first kappa shape index (κ1) is 27.0. The molecule has 2 amide bonds. The molecule has 8 nitrogen and oxygen atoms in total. The fourth-order valence-corrected chi connectivity index (χ4v) is 3.40. The Balaban J connectivity index is 3.40. The van der Waals surface area contributed by atoms with Crippen molar-refractivity contribution in [3.05, 3.63) is 35.9 Å². The van der Waals surface area contributed by atoms with Crippen LogP contribution >= 0.6 is 0 Å². The van der Waals surface area contributed by atoms with Crippen molar-refractivity contribution >= 4 is 17.8 Å². The predicted molar refractivity (Wildman–Crippen MR) is 123 cm³/mol. The predicted octanol–water partition coefficient (Wildman–Crippen LogP) is 3.26. The number of nitrogens with one attached hydrogen (secondary N) is 1. The molecule has 0 spiro atoms. The van der Waals surface area contributed by atoms with Crippen LogP contribution in [0.5, 0.6) is 11.5 Å². The topological polar surface area (TPSA) is 94.2 Å². The smallest absolute Gasteiger partial charge is 0.325 e. The molecule has 178 valence electrons. The number of benzene rings is 1. The monoisotopic (exact) mass is 448 g/mol. The standard InChI is InChI=1S/C24H36N2O6/c1-9-32-22(27)14-25-23(28)20(12-15(2)3)26(24(29)16(4)5)17(6)19-11-10-18(30-7)13-21(19)31-8/h10-11,13,15,17,20H,4,9,12,14H2,1-3,5-8H3,(H,25,28)/t17-,20-/m0/s1. The summed E-state index contributed by atoms with van der Waals surface area (Å²) >= 11 is 0. The number of nitrogens with zero attached hydrogens (tertiary/aromatic N) is 1. The minimum atomic E-state index is -0.824. The highest BCUT2D eigenvalue weighted by Gasteiger charge is 2.36. The Morgan fingerprint density at radius 3 is 2.28 bits per heavy atom. The van der Waals surface area contributed by atoms with Gasteiger partial charge in [0.2, 0.25) is 11.8 Å². The van der Waals surface area contributed by atoms with Gasteiger partial charge in [0, 0.05) is 17.2 Å². The van der Waals surface area contributed by atoms with E-state index in [0.29, 0.717) is 23.5 Å². The van der Waals surface area contributed by atoms with Gasteiger partial charge in [0.25, 0.3) is 0 Å². The summed E-state index contributed by atoms with van der Waals surface area (Å²) in [6.45, 7) is 12.8. The highest BCUT2D eigenvalue weighted by molar-refractivity contribution is 5.97. The van der Waals surface area contributed by atoms with Gasteiger partial charge < -0.3 is 24.4 Å². The molecule has 2 atom stereocenters. The number of carbonyl (C=O) groups is 3. The van der Waals surface area contributed by atoms with Crippen molar-refractivity contribution < 1.29 is 28.6 Å². The molecule has 1 aromatic rings. The number of ether oxygens (including phenoxy) is 3. The van der Waals surface area contributed by atoms with Gasteiger partial charge in [0.05, 0.1) is 26.9 Å². The Kier molecular flexibility index (Phi) is 10.7. The van der Waals surface area contributed by atoms with Gasteiger partial charge in [-0.3, -0.25) is 14.4 Å². The lowest BCUT2D eigenvalue weighted by Gasteiger charge is -2.37. The molecule has 0 saturated heterocycles. The highest BCUT2D eigenvalue weighted by Crippen LogP contribution is 2.35. The zero-order valence-electron chi connectivity index (χ0n) is 20.2. The van der Waals surface area contributed by atoms with E-state index in [4.69, 9.17) is 14.2 Å². The maximum Gasteiger partial charge on any atom is 0.325 e. The summed E-state index contributed by atoms with van der Waals surface area (Å²) in [5.74, 6) is -0.0633. The van der Waals surface area contributed by atoms with E-state index in [1.807, 2.05) is 26.8 Å². The van der Waals surface area contributed by atoms with Crippen LogP contribution in [-0.4, -0.2) is 56.1 Å². The van der Waals surface area contributed by atoms with Crippen LogP contribution in [0, 0.1) is 5.92 Å². The molecule has 0 aliphatic heterocycles. The lowest BCUT2D eigenvalue weighted by atomic mass is 9.96. The van der Waals surface area contributed by atoms with E-state index in [1.165, 1.54) is 12.0 Å². The molecule has 0 fully saturated rings. The highest BCUT2D eigenvalue weighted by atomic mass is 16.5. The van der Waals surface area contributed by atoms with Gasteiger partial charge in [0.15, 0.2) is 0 Å². The minimum absolute atomic E-state index is 0.110. The van der Waals surface area contributed by atoms with Crippen LogP contribution in [-0.2, 0) is 19.1 Å². The van der Waals surface area contributed by atoms with Gasteiger partial charge in [-0.25, -0.2) is 0 Å². The minimum Gasteiger partial charge on any atom is -0.497 e. The van der Waals surface area contributed by atoms with Gasteiger partial charge in [-0.2, -0.15) is 0 Å². The van der Waals surface area contributed by atoms with Crippen molar-refractivity contribution in [2.45, 2.75) is 53.1 Å². The van der Waals surface area contributed by atoms with Crippen molar-refractivity contribution in [3.63, 3.8) is 0 Å². The van der Waals surface area contributed by atoms with E-state index >= 15 is 0 Å². The Hall–Kier alpha value is -3.03. The molecule has 1 aromatic carbocycles. The quantitative estimate of drug-likeness (QED) is 0.390. The third-order valence-electron chi connectivity index (χ3n) is 4.95. The maximum atomic E-state index is 13.2. The SMILES string of the molecule is C=C(C)C(=O)N([C@@H](CC(C)C)C(=O)NCC(=O)OCC)[C@@H](C)c1ccc(OC)cc1OC. The van der Waals surface area contributed by atoms with Gasteiger partial charge in [-0.05, 0) is 45.2 Å². The van der Waals surface area contributed by atoms with Crippen LogP contribution in [0.25, 0.3) is 0 Å². The van der Waals surface area contributed by atoms with E-state index in [9.17, 15) is 14.4 Å². The van der Waals surface area contributed by atoms with Crippen molar-refractivity contribution in [1.82, 2.24) is 10.2 Å². The second kappa shape index (κ2) is 12.7. The summed E-state index contributed by atoms with van der Waals surface area (Å²) in [5, 5.41) is 2.61. The van der Waals surface area contributed by atoms with Crippen LogP contribution in [0.4, 0.5) is 0 Å². The third-order valence-corrected chi connectivity index (χ3v) is 4.95. The number of carbonyl (C=O) groups excluding carboxylic acids is 3. The summed E-state index contributed by atoms with van der Waals surface area (Å²) in [4.78, 5) is 39.6. The van der Waals surface area contributed by atoms with Crippen molar-refractivity contribution in [1.29, 1.82) is 0 Å². The lowest BCUT2D eigenvalue weighted by Crippen LogP contribution is -2.52. The molecule has 0 aromatic heterocycles. The molecule has 0 aliphatic rings. The largest absolute Gasteiger partial charge is 0.497 e. The fourth-order valence-electron chi connectivity index (χ4n) is 3.40. The molecule has 0 radical (unpaired) electrons. The summed E-state index contributed by atoms with van der Waals surface area (Å²) in [7, 11) is 3.09. The zero-order chi connectivity index (χ0) is 24.4. The van der Waals surface area contributed by atoms with Gasteiger partial charge in [0.1, 0.15) is 24.1 Å². The van der Waals surface area contributed by atoms with Crippen molar-refractivity contribution in [2.75, 3.05) is 27.4 Å². The van der Waals surface area contributed by atoms with Crippen LogP contribution in [0.15, 0.2) is 30.4 Å². The summed E-state index contributed by atoms with van der Waals surface area (Å²) in [6, 6.07) is 3.97. The number of rotatable bonds is 12. The molecule has 0 bridgehead atoms. The Morgan fingerprint density at radius 2 is 1.78 bits per heavy atom. The van der Waals surface area contributed by atoms with Crippen LogP contribution in [0.1, 0.15) is 52.6 Å². The van der Waals surface area contributed by atoms with Gasteiger partial charge >= 0.3 is 5.97 Å². The van der Waals surface area contributed by atoms with E-state index < -0.39 is 24.0 Å². The summed E-state index contributed by atoms with van der Waals surface area (Å²) in [5.41, 5.74) is 1.02. The van der Waals surface area contributed by atoms with Crippen LogP contribution < -0.4 is 14.8 Å². The van der Waals surface area contributed by atoms with E-state index in [1.54, 1.807) is 33.1 Å². The first-order chi connectivity index (χ1) is 15.1. The second-order valence-electron chi connectivity index (χ2n) is 7.94. The number of hydrogen-bond acceptors (Lipinski definition) is 6. The van der Waals surface area contributed by atoms with E-state index in [-0.39, 0.29) is 25.0 Å². The lowest BCUT2D eigenvalue weighted by molar-refractivity contribution is -0.145. The number of amides is 2. The molecular weight excluding hydrogens is 412 g/mol. The molecule has 8 heteroatoms. The average Bonchev–Trinajstić information content (AvgIpc) is 2.75. The number of hydrogen-bond donors (Lipinski definition) is 1. The van der Waals surface area contributed by atoms with Crippen LogP contribution in [0.2, 0.25) is 0 Å². The molecule has 1 N–H and O–H groups in total. The Labute approximate surface area is 190 Å². The molecule has 0 saturated carbocycles. The molecule has 0 aliphatic carbocycles. The summed E-state index contributed by atoms with van der Waals surface area (Å²) in [6.07, 6.45) is 0.399. The summed E-state index contributed by atoms with van der Waals surface area (Å²) < 4.78 is 15.7. The number of esters is 1. The Bertz CT molecular complexity index is 821. The van der Waals surface area contributed by atoms with Gasteiger partial charge in [-0.15, -0.1) is 0 Å². The maximum absolute atomic E-state index is 13.2. The first-order valence-corrected chi connectivity index (χ1v) is 10.7. The fraction of sp³-hybridized carbons (Fsp3) is 0.542. The average molecular weight is 449 g/mol. The molecular formula is C24H36N2O6. The zero-order valence-corrected chi connectivity index (χ0v) is 20.2. The van der Waals surface area contributed by atoms with Crippen molar-refractivity contribution in [3.8, 4) is 11.5 Å². The molecule has 32 heavy (non-hydrogen) atoms. The van der Waals surface area contributed by atoms with Crippen LogP contribution in [0.3, 0.4) is 0 Å². The van der Waals surface area contributed by atoms with Crippen molar-refractivity contribution in [2.24, 2.45) is 5.92 Å². The molecule has 0 unspecified atom stereocenters. The van der Waals surface area contributed by atoms with Gasteiger partial charge in [-0.1, -0.05) is 20.4 Å². The first-order valence-electron chi connectivity index (χ1n) is 10.7. The molecule has 0 heterocycles. The third kappa shape index (κ3) is 7.28. The Morgan fingerprint density at radius 1 is 1.12 bits per heavy atom. The normalized spacial score (nSPS) is 12.5. The van der Waals surface area contributed by atoms with E-state index in [0.717, 1.165) is 5.56 Å². The number of methoxy groups -OCH3 is 2. The molecule has 1 rings (SSSR count). The van der Waals surface area contributed by atoms with E-state index in [2.05, 4.69) is 11.9 Å².